The number of hydrogen-bond acceptors (Lipinski definition) is 4. The zero-order valence-corrected chi connectivity index (χ0v) is 18.1. The molecule has 0 saturated carbocycles. The molecule has 0 atom stereocenters. The molecule has 4 aromatic rings. The van der Waals surface area contributed by atoms with Gasteiger partial charge in [0.25, 0.3) is 5.91 Å². The third kappa shape index (κ3) is 4.16. The summed E-state index contributed by atoms with van der Waals surface area (Å²) in [6.07, 6.45) is 3.88. The molecule has 1 amide bonds. The lowest BCUT2D eigenvalue weighted by Crippen LogP contribution is -2.14. The van der Waals surface area contributed by atoms with Crippen LogP contribution in [0.5, 0.6) is 11.5 Å². The lowest BCUT2D eigenvalue weighted by Gasteiger charge is -2.13. The van der Waals surface area contributed by atoms with Crippen molar-refractivity contribution in [3.8, 4) is 11.5 Å². The van der Waals surface area contributed by atoms with E-state index >= 15 is 0 Å². The van der Waals surface area contributed by atoms with E-state index in [0.717, 1.165) is 21.4 Å². The van der Waals surface area contributed by atoms with E-state index in [1.165, 1.54) is 0 Å². The first-order valence-electron chi connectivity index (χ1n) is 9.35. The van der Waals surface area contributed by atoms with Crippen molar-refractivity contribution < 1.29 is 14.3 Å². The molecule has 2 aromatic heterocycles. The van der Waals surface area contributed by atoms with Crippen molar-refractivity contribution in [1.82, 2.24) is 9.38 Å². The van der Waals surface area contributed by atoms with Gasteiger partial charge in [0.15, 0.2) is 0 Å². The van der Waals surface area contributed by atoms with Gasteiger partial charge in [-0.3, -0.25) is 4.79 Å². The molecule has 6 nitrogen and oxygen atoms in total. The molecule has 0 bridgehead atoms. The molecule has 0 aliphatic carbocycles. The highest BCUT2D eigenvalue weighted by Gasteiger charge is 2.15. The molecule has 0 aliphatic rings. The van der Waals surface area contributed by atoms with Gasteiger partial charge in [0.05, 0.1) is 24.1 Å². The minimum Gasteiger partial charge on any atom is -0.495 e. The van der Waals surface area contributed by atoms with E-state index in [2.05, 4.69) is 26.2 Å². The molecule has 1 N–H and O–H groups in total. The molecule has 4 rings (SSSR count). The monoisotopic (exact) mass is 465 g/mol. The highest BCUT2D eigenvalue weighted by Crippen LogP contribution is 2.29. The summed E-state index contributed by atoms with van der Waals surface area (Å²) >= 11 is 3.42. The predicted molar refractivity (Wildman–Crippen MR) is 119 cm³/mol. The van der Waals surface area contributed by atoms with Crippen LogP contribution in [0, 0.1) is 6.92 Å². The number of nitrogens with zero attached hydrogens (tertiary/aromatic N) is 2. The van der Waals surface area contributed by atoms with Crippen LogP contribution in [0.15, 0.2) is 71.5 Å². The van der Waals surface area contributed by atoms with Crippen molar-refractivity contribution in [3.63, 3.8) is 0 Å². The molecule has 0 spiro atoms. The normalized spacial score (nSPS) is 10.8. The zero-order valence-electron chi connectivity index (χ0n) is 16.6. The van der Waals surface area contributed by atoms with Crippen LogP contribution >= 0.6 is 15.9 Å². The van der Waals surface area contributed by atoms with Crippen LogP contribution < -0.4 is 14.8 Å². The third-order valence-corrected chi connectivity index (χ3v) is 5.14. The van der Waals surface area contributed by atoms with Crippen LogP contribution in [0.3, 0.4) is 0 Å². The minimum absolute atomic E-state index is 0.256. The van der Waals surface area contributed by atoms with Crippen molar-refractivity contribution in [1.29, 1.82) is 0 Å². The summed E-state index contributed by atoms with van der Waals surface area (Å²) in [5, 5.41) is 2.89. The molecule has 7 heteroatoms. The lowest BCUT2D eigenvalue weighted by atomic mass is 10.1. The van der Waals surface area contributed by atoms with Crippen molar-refractivity contribution in [2.45, 2.75) is 13.5 Å². The Bertz CT molecular complexity index is 1220. The number of aryl methyl sites for hydroxylation is 1. The number of benzene rings is 2. The fraction of sp³-hybridized carbons (Fsp3) is 0.130. The third-order valence-electron chi connectivity index (χ3n) is 4.64. The summed E-state index contributed by atoms with van der Waals surface area (Å²) in [7, 11) is 1.56. The second-order valence-electron chi connectivity index (χ2n) is 6.74. The van der Waals surface area contributed by atoms with Gasteiger partial charge in [0.2, 0.25) is 0 Å². The number of nitrogens with one attached hydrogen (secondary N) is 1. The number of methoxy groups -OCH3 is 1. The summed E-state index contributed by atoms with van der Waals surface area (Å²) in [4.78, 5) is 17.5. The average Bonchev–Trinajstić information content (AvgIpc) is 3.17. The van der Waals surface area contributed by atoms with Gasteiger partial charge in [-0.25, -0.2) is 4.98 Å². The zero-order chi connectivity index (χ0) is 21.1. The number of aromatic nitrogens is 2. The molecule has 2 aromatic carbocycles. The van der Waals surface area contributed by atoms with Gasteiger partial charge < -0.3 is 19.2 Å². The Hall–Kier alpha value is -3.32. The van der Waals surface area contributed by atoms with E-state index in [-0.39, 0.29) is 12.5 Å². The largest absolute Gasteiger partial charge is 0.495 e. The van der Waals surface area contributed by atoms with Crippen LogP contribution in [-0.4, -0.2) is 22.4 Å². The fourth-order valence-corrected chi connectivity index (χ4v) is 3.53. The molecule has 0 aliphatic heterocycles. The number of carbonyl (C=O) groups excluding carboxylic acids is 1. The van der Waals surface area contributed by atoms with Gasteiger partial charge in [0.1, 0.15) is 23.8 Å². The summed E-state index contributed by atoms with van der Waals surface area (Å²) < 4.78 is 14.1. The van der Waals surface area contributed by atoms with Gasteiger partial charge in [0, 0.05) is 16.9 Å². The number of hydrogen-bond donors (Lipinski definition) is 1. The number of para-hydroxylation sites is 1. The minimum atomic E-state index is -0.284. The van der Waals surface area contributed by atoms with E-state index < -0.39 is 0 Å². The fourth-order valence-electron chi connectivity index (χ4n) is 3.17. The number of rotatable bonds is 6. The van der Waals surface area contributed by atoms with Crippen molar-refractivity contribution in [3.05, 3.63) is 88.3 Å². The topological polar surface area (TPSA) is 64.9 Å². The Balaban J connectivity index is 1.54. The Labute approximate surface area is 182 Å². The molecule has 0 unspecified atom stereocenters. The molecule has 30 heavy (non-hydrogen) atoms. The number of carbonyl (C=O) groups is 1. The number of pyridine rings is 1. The standard InChI is InChI=1S/C23H20BrN3O3/c1-15-6-5-11-27-13-17(25-22(15)27)14-30-20-8-4-3-7-18(20)23(28)26-19-12-16(24)9-10-21(19)29-2/h3-13H,14H2,1-2H3,(H,26,28). The molecule has 0 saturated heterocycles. The first-order valence-corrected chi connectivity index (χ1v) is 10.1. The second-order valence-corrected chi connectivity index (χ2v) is 7.65. The summed E-state index contributed by atoms with van der Waals surface area (Å²) in [6, 6.07) is 16.5. The van der Waals surface area contributed by atoms with E-state index in [4.69, 9.17) is 9.47 Å². The summed E-state index contributed by atoms with van der Waals surface area (Å²) in [6.45, 7) is 2.27. The summed E-state index contributed by atoms with van der Waals surface area (Å²) in [5.74, 6) is 0.774. The van der Waals surface area contributed by atoms with E-state index in [1.54, 1.807) is 37.4 Å². The van der Waals surface area contributed by atoms with Crippen molar-refractivity contribution in [2.24, 2.45) is 0 Å². The van der Waals surface area contributed by atoms with Crippen molar-refractivity contribution >= 4 is 33.2 Å². The molecular formula is C23H20BrN3O3. The van der Waals surface area contributed by atoms with Crippen LogP contribution in [0.4, 0.5) is 5.69 Å². The number of amides is 1. The van der Waals surface area contributed by atoms with Gasteiger partial charge >= 0.3 is 0 Å². The van der Waals surface area contributed by atoms with E-state index in [1.807, 2.05) is 48.0 Å². The Morgan fingerprint density at radius 3 is 2.77 bits per heavy atom. The first-order chi connectivity index (χ1) is 14.5. The predicted octanol–water partition coefficient (Wildman–Crippen LogP) is 5.25. The number of halogens is 1. The van der Waals surface area contributed by atoms with Crippen LogP contribution in [0.1, 0.15) is 21.6 Å². The molecule has 152 valence electrons. The van der Waals surface area contributed by atoms with Gasteiger partial charge in [-0.1, -0.05) is 34.1 Å². The maximum absolute atomic E-state index is 12.9. The Kier molecular flexibility index (Phi) is 5.72. The van der Waals surface area contributed by atoms with E-state index in [9.17, 15) is 4.79 Å². The average molecular weight is 466 g/mol. The molecular weight excluding hydrogens is 446 g/mol. The smallest absolute Gasteiger partial charge is 0.259 e. The van der Waals surface area contributed by atoms with Gasteiger partial charge in [-0.15, -0.1) is 0 Å². The second kappa shape index (κ2) is 8.59. The number of anilines is 1. The maximum Gasteiger partial charge on any atom is 0.259 e. The van der Waals surface area contributed by atoms with Gasteiger partial charge in [-0.05, 0) is 48.9 Å². The summed E-state index contributed by atoms with van der Waals surface area (Å²) in [5.41, 5.74) is 3.77. The highest BCUT2D eigenvalue weighted by atomic mass is 79.9. The number of fused-ring (bicyclic) bond motifs is 1. The lowest BCUT2D eigenvalue weighted by molar-refractivity contribution is 0.102. The Morgan fingerprint density at radius 1 is 1.13 bits per heavy atom. The van der Waals surface area contributed by atoms with Gasteiger partial charge in [-0.2, -0.15) is 0 Å². The number of ether oxygens (including phenoxy) is 2. The van der Waals surface area contributed by atoms with Crippen molar-refractivity contribution in [2.75, 3.05) is 12.4 Å². The first kappa shape index (κ1) is 20.0. The van der Waals surface area contributed by atoms with Crippen LogP contribution in [0.2, 0.25) is 0 Å². The quantitative estimate of drug-likeness (QED) is 0.422. The molecule has 0 radical (unpaired) electrons. The van der Waals surface area contributed by atoms with Crippen LogP contribution in [0.25, 0.3) is 5.65 Å². The SMILES string of the molecule is COc1ccc(Br)cc1NC(=O)c1ccccc1OCc1cn2cccc(C)c2n1. The van der Waals surface area contributed by atoms with Crippen LogP contribution in [-0.2, 0) is 6.61 Å². The number of imidazole rings is 1. The molecule has 2 heterocycles. The molecule has 0 fully saturated rings. The highest BCUT2D eigenvalue weighted by molar-refractivity contribution is 9.10. The maximum atomic E-state index is 12.9. The Morgan fingerprint density at radius 2 is 1.97 bits per heavy atom. The van der Waals surface area contributed by atoms with E-state index in [0.29, 0.717) is 22.7 Å².